The molecule has 0 saturated heterocycles. The fraction of sp³-hybridized carbons (Fsp3) is 0.190. The van der Waals surface area contributed by atoms with E-state index in [0.717, 1.165) is 5.56 Å². The summed E-state index contributed by atoms with van der Waals surface area (Å²) >= 11 is 1.28. The normalized spacial score (nSPS) is 10.3. The van der Waals surface area contributed by atoms with Crippen LogP contribution in [0.1, 0.15) is 21.5 Å². The summed E-state index contributed by atoms with van der Waals surface area (Å²) in [5, 5.41) is 20.2. The Bertz CT molecular complexity index is 1100. The number of nitrogens with one attached hydrogen (secondary N) is 1. The van der Waals surface area contributed by atoms with Crippen molar-refractivity contribution in [1.29, 1.82) is 5.26 Å². The van der Waals surface area contributed by atoms with Gasteiger partial charge in [-0.15, -0.1) is 10.2 Å². The van der Waals surface area contributed by atoms with Crippen molar-refractivity contribution in [3.05, 3.63) is 71.5 Å². The van der Waals surface area contributed by atoms with E-state index in [-0.39, 0.29) is 17.6 Å². The van der Waals surface area contributed by atoms with Gasteiger partial charge in [-0.2, -0.15) is 5.26 Å². The van der Waals surface area contributed by atoms with E-state index in [2.05, 4.69) is 21.6 Å². The van der Waals surface area contributed by atoms with Crippen LogP contribution in [0.15, 0.2) is 60.0 Å². The zero-order valence-corrected chi connectivity index (χ0v) is 17.4. The molecule has 0 unspecified atom stereocenters. The average molecular weight is 420 g/mol. The monoisotopic (exact) mass is 420 g/mol. The summed E-state index contributed by atoms with van der Waals surface area (Å²) < 4.78 is 1.74. The van der Waals surface area contributed by atoms with E-state index >= 15 is 0 Å². The van der Waals surface area contributed by atoms with Crippen LogP contribution in [0, 0.1) is 11.3 Å². The number of nitrogens with zero attached hydrogens (tertiary/aromatic N) is 5. The standard InChI is InChI=1S/C21H20N6O2S/c1-26(12-16-6-3-5-15(9-16)11-22)20(29)17-7-4-8-18(10-17)24-19(28)13-30-21-25-23-14-27(21)2/h3-10,14H,12-13H2,1-2H3,(H,24,28). The number of rotatable bonds is 7. The van der Waals surface area contributed by atoms with E-state index in [9.17, 15) is 9.59 Å². The molecule has 0 spiro atoms. The van der Waals surface area contributed by atoms with E-state index in [0.29, 0.717) is 28.5 Å². The molecule has 3 rings (SSSR count). The van der Waals surface area contributed by atoms with Gasteiger partial charge in [0, 0.05) is 31.9 Å². The number of anilines is 1. The minimum absolute atomic E-state index is 0.179. The van der Waals surface area contributed by atoms with Crippen LogP contribution in [-0.4, -0.2) is 44.3 Å². The highest BCUT2D eigenvalue weighted by molar-refractivity contribution is 7.99. The first kappa shape index (κ1) is 21.1. The molecule has 8 nitrogen and oxygen atoms in total. The lowest BCUT2D eigenvalue weighted by molar-refractivity contribution is -0.113. The zero-order valence-electron chi connectivity index (χ0n) is 16.6. The van der Waals surface area contributed by atoms with Crippen LogP contribution in [0.3, 0.4) is 0 Å². The Morgan fingerprint density at radius 3 is 2.77 bits per heavy atom. The molecule has 0 aliphatic carbocycles. The Morgan fingerprint density at radius 2 is 2.03 bits per heavy atom. The van der Waals surface area contributed by atoms with Crippen molar-refractivity contribution in [2.24, 2.45) is 7.05 Å². The smallest absolute Gasteiger partial charge is 0.253 e. The third-order valence-electron chi connectivity index (χ3n) is 4.22. The minimum Gasteiger partial charge on any atom is -0.337 e. The van der Waals surface area contributed by atoms with E-state index in [1.165, 1.54) is 11.8 Å². The van der Waals surface area contributed by atoms with E-state index < -0.39 is 0 Å². The second-order valence-electron chi connectivity index (χ2n) is 6.62. The molecule has 2 amide bonds. The lowest BCUT2D eigenvalue weighted by atomic mass is 10.1. The second-order valence-corrected chi connectivity index (χ2v) is 7.56. The molecule has 30 heavy (non-hydrogen) atoms. The molecule has 1 N–H and O–H groups in total. The van der Waals surface area contributed by atoms with Gasteiger partial charge in [-0.05, 0) is 35.9 Å². The first-order valence-corrected chi connectivity index (χ1v) is 10.1. The third kappa shape index (κ3) is 5.46. The number of hydrogen-bond donors (Lipinski definition) is 1. The number of carbonyl (C=O) groups excluding carboxylic acids is 2. The number of amides is 2. The van der Waals surface area contributed by atoms with Crippen molar-refractivity contribution in [3.8, 4) is 6.07 Å². The van der Waals surface area contributed by atoms with Crippen molar-refractivity contribution in [2.75, 3.05) is 18.1 Å². The molecule has 0 radical (unpaired) electrons. The molecular weight excluding hydrogens is 400 g/mol. The van der Waals surface area contributed by atoms with Gasteiger partial charge in [-0.1, -0.05) is 30.0 Å². The molecule has 152 valence electrons. The topological polar surface area (TPSA) is 104 Å². The van der Waals surface area contributed by atoms with Crippen LogP contribution in [0.25, 0.3) is 0 Å². The van der Waals surface area contributed by atoms with Crippen LogP contribution in [0.2, 0.25) is 0 Å². The zero-order chi connectivity index (χ0) is 21.5. The lowest BCUT2D eigenvalue weighted by Crippen LogP contribution is -2.26. The molecule has 0 atom stereocenters. The highest BCUT2D eigenvalue weighted by Crippen LogP contribution is 2.17. The Morgan fingerprint density at radius 1 is 1.23 bits per heavy atom. The summed E-state index contributed by atoms with van der Waals surface area (Å²) in [6.45, 7) is 0.374. The molecule has 0 fully saturated rings. The number of nitriles is 1. The molecule has 3 aromatic rings. The van der Waals surface area contributed by atoms with Gasteiger partial charge < -0.3 is 14.8 Å². The number of aryl methyl sites for hydroxylation is 1. The van der Waals surface area contributed by atoms with Crippen molar-refractivity contribution in [1.82, 2.24) is 19.7 Å². The fourth-order valence-electron chi connectivity index (χ4n) is 2.77. The Balaban J connectivity index is 1.60. The number of thioether (sulfide) groups is 1. The Hall–Kier alpha value is -3.64. The number of hydrogen-bond acceptors (Lipinski definition) is 6. The summed E-state index contributed by atoms with van der Waals surface area (Å²) in [6, 6.07) is 16.1. The van der Waals surface area contributed by atoms with Gasteiger partial charge in [0.1, 0.15) is 6.33 Å². The third-order valence-corrected chi connectivity index (χ3v) is 5.25. The van der Waals surface area contributed by atoms with Gasteiger partial charge in [-0.3, -0.25) is 9.59 Å². The molecular formula is C21H20N6O2S. The van der Waals surface area contributed by atoms with Gasteiger partial charge in [-0.25, -0.2) is 0 Å². The van der Waals surface area contributed by atoms with Crippen molar-refractivity contribution >= 4 is 29.3 Å². The minimum atomic E-state index is -0.200. The molecule has 0 aliphatic rings. The lowest BCUT2D eigenvalue weighted by Gasteiger charge is -2.18. The summed E-state index contributed by atoms with van der Waals surface area (Å²) in [6.07, 6.45) is 1.57. The van der Waals surface area contributed by atoms with Crippen molar-refractivity contribution in [2.45, 2.75) is 11.7 Å². The Labute approximate surface area is 178 Å². The summed E-state index contributed by atoms with van der Waals surface area (Å²) in [5.41, 5.74) is 2.43. The predicted molar refractivity (Wildman–Crippen MR) is 114 cm³/mol. The summed E-state index contributed by atoms with van der Waals surface area (Å²) in [7, 11) is 3.51. The molecule has 9 heteroatoms. The van der Waals surface area contributed by atoms with Crippen LogP contribution in [0.5, 0.6) is 0 Å². The fourth-order valence-corrected chi connectivity index (χ4v) is 3.45. The molecule has 0 bridgehead atoms. The SMILES string of the molecule is CN(Cc1cccc(C#N)c1)C(=O)c1cccc(NC(=O)CSc2nncn2C)c1. The van der Waals surface area contributed by atoms with Gasteiger partial charge in [0.15, 0.2) is 5.16 Å². The van der Waals surface area contributed by atoms with E-state index in [1.54, 1.807) is 65.3 Å². The first-order chi connectivity index (χ1) is 14.5. The second kappa shape index (κ2) is 9.71. The maximum Gasteiger partial charge on any atom is 0.253 e. The van der Waals surface area contributed by atoms with Crippen LogP contribution in [-0.2, 0) is 18.4 Å². The maximum atomic E-state index is 12.8. The first-order valence-electron chi connectivity index (χ1n) is 9.07. The van der Waals surface area contributed by atoms with Crippen LogP contribution >= 0.6 is 11.8 Å². The number of carbonyl (C=O) groups is 2. The molecule has 1 heterocycles. The number of aromatic nitrogens is 3. The molecule has 1 aromatic heterocycles. The van der Waals surface area contributed by atoms with Gasteiger partial charge >= 0.3 is 0 Å². The van der Waals surface area contributed by atoms with Gasteiger partial charge in [0.05, 0.1) is 17.4 Å². The van der Waals surface area contributed by atoms with E-state index in [4.69, 9.17) is 5.26 Å². The average Bonchev–Trinajstić information content (AvgIpc) is 3.16. The van der Waals surface area contributed by atoms with Crippen LogP contribution in [0.4, 0.5) is 5.69 Å². The van der Waals surface area contributed by atoms with Gasteiger partial charge in [0.2, 0.25) is 5.91 Å². The number of benzene rings is 2. The van der Waals surface area contributed by atoms with Crippen molar-refractivity contribution < 1.29 is 9.59 Å². The summed E-state index contributed by atoms with van der Waals surface area (Å²) in [4.78, 5) is 26.6. The van der Waals surface area contributed by atoms with Gasteiger partial charge in [0.25, 0.3) is 5.91 Å². The largest absolute Gasteiger partial charge is 0.337 e. The van der Waals surface area contributed by atoms with Crippen molar-refractivity contribution in [3.63, 3.8) is 0 Å². The highest BCUT2D eigenvalue weighted by Gasteiger charge is 2.14. The predicted octanol–water partition coefficient (Wildman–Crippen LogP) is 2.69. The summed E-state index contributed by atoms with van der Waals surface area (Å²) in [5.74, 6) is -0.198. The quantitative estimate of drug-likeness (QED) is 0.590. The Kier molecular flexibility index (Phi) is 6.83. The molecule has 2 aromatic carbocycles. The molecule has 0 saturated carbocycles. The van der Waals surface area contributed by atoms with Crippen LogP contribution < -0.4 is 5.32 Å². The molecule has 0 aliphatic heterocycles. The maximum absolute atomic E-state index is 12.8. The highest BCUT2D eigenvalue weighted by atomic mass is 32.2. The van der Waals surface area contributed by atoms with E-state index in [1.807, 2.05) is 13.1 Å².